The van der Waals surface area contributed by atoms with E-state index in [1.807, 2.05) is 13.8 Å². The highest BCUT2D eigenvalue weighted by molar-refractivity contribution is 5.29. The Kier molecular flexibility index (Phi) is 9.46. The van der Waals surface area contributed by atoms with Gasteiger partial charge in [0.05, 0.1) is 43.2 Å². The smallest absolute Gasteiger partial charge is 0.187 e. The fourth-order valence-corrected chi connectivity index (χ4v) is 15.2. The molecule has 12 unspecified atom stereocenters. The Hall–Kier alpha value is -0.560. The molecule has 4 saturated carbocycles. The van der Waals surface area contributed by atoms with Crippen molar-refractivity contribution in [2.24, 2.45) is 45.3 Å². The molecule has 0 aromatic carbocycles. The molecule has 5 aliphatic heterocycles. The van der Waals surface area contributed by atoms with Crippen LogP contribution in [0.4, 0.5) is 0 Å². The van der Waals surface area contributed by atoms with Crippen LogP contribution in [-0.4, -0.2) is 146 Å². The molecule has 14 heteroatoms. The van der Waals surface area contributed by atoms with Crippen molar-refractivity contribution in [3.8, 4) is 0 Å². The summed E-state index contributed by atoms with van der Waals surface area (Å²) in [5.74, 6) is 0.596. The van der Waals surface area contributed by atoms with Crippen molar-refractivity contribution >= 4 is 0 Å². The maximum atomic E-state index is 11.3. The van der Waals surface area contributed by atoms with Crippen LogP contribution in [0, 0.1) is 45.3 Å². The number of hydrogen-bond acceptors (Lipinski definition) is 14. The molecule has 0 aromatic heterocycles. The van der Waals surface area contributed by atoms with E-state index < -0.39 is 85.0 Å². The van der Waals surface area contributed by atoms with Crippen LogP contribution in [0.25, 0.3) is 0 Å². The maximum Gasteiger partial charge on any atom is 0.187 e. The molecule has 4 aliphatic carbocycles. The fraction of sp³-hybridized carbons (Fsp3) is 1.00. The highest BCUT2D eigenvalue weighted by atomic mass is 16.8. The van der Waals surface area contributed by atoms with Crippen molar-refractivity contribution in [3.05, 3.63) is 0 Å². The SMILES string of the molecule is C[C@H]1O[C@@H](O[C@H]2[C@H](OC3CCC4(C)C(CCC5(C)C4CCC4C6C7(CC45CO7)OC4CC(C(C)(C)O)OC46C)C3(C)C)O[C@H](CO)[C@H](O)[C@H]2O)[C@H](O)[C@H](O)[C@H]1O. The molecule has 5 heterocycles. The normalized spacial score (nSPS) is 59.9. The van der Waals surface area contributed by atoms with Crippen LogP contribution in [0.15, 0.2) is 0 Å². The summed E-state index contributed by atoms with van der Waals surface area (Å²) in [5.41, 5.74) is -1.86. The first-order chi connectivity index (χ1) is 26.1. The monoisotopic (exact) mass is 796 g/mol. The molecular weight excluding hydrogens is 728 g/mol. The zero-order chi connectivity index (χ0) is 40.3. The summed E-state index contributed by atoms with van der Waals surface area (Å²) >= 11 is 0. The zero-order valence-corrected chi connectivity index (χ0v) is 34.4. The first-order valence-corrected chi connectivity index (χ1v) is 21.4. The highest BCUT2D eigenvalue weighted by Crippen LogP contribution is 2.81. The number of aliphatic hydroxyl groups excluding tert-OH is 6. The summed E-state index contributed by atoms with van der Waals surface area (Å²) in [5, 5.41) is 74.7. The van der Waals surface area contributed by atoms with E-state index in [0.29, 0.717) is 31.3 Å². The molecule has 22 atom stereocenters. The molecule has 5 saturated heterocycles. The molecule has 9 aliphatic rings. The van der Waals surface area contributed by atoms with Gasteiger partial charge in [-0.3, -0.25) is 0 Å². The molecule has 14 nitrogen and oxygen atoms in total. The summed E-state index contributed by atoms with van der Waals surface area (Å²) in [6.45, 7) is 17.1. The number of ether oxygens (including phenoxy) is 7. The summed E-state index contributed by atoms with van der Waals surface area (Å²) < 4.78 is 45.4. The average Bonchev–Trinajstić information content (AvgIpc) is 3.82. The lowest BCUT2D eigenvalue weighted by Crippen LogP contribution is -2.67. The van der Waals surface area contributed by atoms with Crippen LogP contribution in [0.5, 0.6) is 0 Å². The molecule has 320 valence electrons. The van der Waals surface area contributed by atoms with Crippen molar-refractivity contribution in [2.45, 2.75) is 203 Å². The van der Waals surface area contributed by atoms with Crippen molar-refractivity contribution in [1.29, 1.82) is 0 Å². The van der Waals surface area contributed by atoms with Gasteiger partial charge in [0, 0.05) is 24.2 Å². The molecule has 2 spiro atoms. The lowest BCUT2D eigenvalue weighted by molar-refractivity contribution is -0.376. The van der Waals surface area contributed by atoms with E-state index in [2.05, 4.69) is 34.6 Å². The predicted octanol–water partition coefficient (Wildman–Crippen LogP) is 1.74. The van der Waals surface area contributed by atoms with Gasteiger partial charge in [-0.05, 0) is 100 Å². The van der Waals surface area contributed by atoms with Crippen LogP contribution in [-0.2, 0) is 33.2 Å². The summed E-state index contributed by atoms with van der Waals surface area (Å²) in [6.07, 6.45) is -6.98. The van der Waals surface area contributed by atoms with E-state index in [1.54, 1.807) is 0 Å². The fourth-order valence-electron chi connectivity index (χ4n) is 15.2. The van der Waals surface area contributed by atoms with Gasteiger partial charge in [-0.15, -0.1) is 0 Å². The van der Waals surface area contributed by atoms with Gasteiger partial charge in [-0.2, -0.15) is 0 Å². The summed E-state index contributed by atoms with van der Waals surface area (Å²) in [4.78, 5) is 0. The van der Waals surface area contributed by atoms with Gasteiger partial charge in [0.2, 0.25) is 0 Å². The summed E-state index contributed by atoms with van der Waals surface area (Å²) in [7, 11) is 0. The van der Waals surface area contributed by atoms with Gasteiger partial charge in [0.1, 0.15) is 48.3 Å². The minimum absolute atomic E-state index is 0.00742. The van der Waals surface area contributed by atoms with Crippen molar-refractivity contribution in [2.75, 3.05) is 13.2 Å². The van der Waals surface area contributed by atoms with Crippen LogP contribution >= 0.6 is 0 Å². The lowest BCUT2D eigenvalue weighted by Gasteiger charge is -2.70. The molecule has 2 bridgehead atoms. The van der Waals surface area contributed by atoms with Gasteiger partial charge < -0.3 is 68.9 Å². The molecular formula is C42H68O14. The minimum Gasteiger partial charge on any atom is -0.394 e. The van der Waals surface area contributed by atoms with E-state index >= 15 is 0 Å². The third-order valence-electron chi connectivity index (χ3n) is 18.0. The maximum absolute atomic E-state index is 11.3. The Bertz CT molecular complexity index is 1520. The number of fused-ring (bicyclic) bond motifs is 6. The van der Waals surface area contributed by atoms with Gasteiger partial charge in [0.15, 0.2) is 18.4 Å². The predicted molar refractivity (Wildman–Crippen MR) is 196 cm³/mol. The van der Waals surface area contributed by atoms with E-state index in [-0.39, 0.29) is 51.8 Å². The van der Waals surface area contributed by atoms with E-state index in [9.17, 15) is 35.7 Å². The number of rotatable bonds is 6. The zero-order valence-electron chi connectivity index (χ0n) is 34.4. The van der Waals surface area contributed by atoms with Crippen LogP contribution < -0.4 is 0 Å². The van der Waals surface area contributed by atoms with Crippen LogP contribution in [0.1, 0.15) is 107 Å². The molecule has 56 heavy (non-hydrogen) atoms. The van der Waals surface area contributed by atoms with Crippen molar-refractivity contribution < 1.29 is 68.9 Å². The Labute approximate surface area is 330 Å². The minimum atomic E-state index is -1.63. The summed E-state index contributed by atoms with van der Waals surface area (Å²) in [6, 6.07) is 0. The van der Waals surface area contributed by atoms with Crippen LogP contribution in [0.2, 0.25) is 0 Å². The Balaban J connectivity index is 0.957. The Morgan fingerprint density at radius 1 is 0.768 bits per heavy atom. The average molecular weight is 797 g/mol. The second kappa shape index (κ2) is 13.0. The first-order valence-electron chi connectivity index (χ1n) is 21.4. The van der Waals surface area contributed by atoms with E-state index in [1.165, 1.54) is 6.92 Å². The van der Waals surface area contributed by atoms with E-state index in [0.717, 1.165) is 38.5 Å². The molecule has 0 amide bonds. The third-order valence-corrected chi connectivity index (χ3v) is 18.0. The molecule has 0 radical (unpaired) electrons. The topological polar surface area (TPSA) is 206 Å². The quantitative estimate of drug-likeness (QED) is 0.192. The Morgan fingerprint density at radius 2 is 1.50 bits per heavy atom. The second-order valence-corrected chi connectivity index (χ2v) is 21.4. The molecule has 0 aromatic rings. The standard InChI is InChI=1S/C42H68O14/c1-19-27(44)29(46)31(48)34(51-19)54-32-30(47)28(45)21(16-43)52-35(32)53-24-12-13-38(6)22(36(24,2)3)11-14-39(7)23(38)10-9-20-33-40(8)26(15-25(55-40)37(4,5)49)56-42(33)17-41(20,39)18-50-42/h19-35,43-49H,9-18H2,1-8H3/t19-,20?,21-,22?,23?,24?,25?,26?,27+,28+,29-,30-,31-,32-,33?,34+,35+,38?,39?,40?,41?,42?/m1/s1. The second-order valence-electron chi connectivity index (χ2n) is 21.4. The van der Waals surface area contributed by atoms with Crippen LogP contribution in [0.3, 0.4) is 0 Å². The largest absolute Gasteiger partial charge is 0.394 e. The van der Waals surface area contributed by atoms with Gasteiger partial charge in [-0.1, -0.05) is 27.7 Å². The third kappa shape index (κ3) is 5.30. The number of hydrogen-bond donors (Lipinski definition) is 7. The number of aliphatic hydroxyl groups is 7. The lowest BCUT2D eigenvalue weighted by atomic mass is 9.35. The van der Waals surface area contributed by atoms with Crippen molar-refractivity contribution in [3.63, 3.8) is 0 Å². The molecule has 9 rings (SSSR count). The molecule has 7 N–H and O–H groups in total. The van der Waals surface area contributed by atoms with Gasteiger partial charge in [0.25, 0.3) is 0 Å². The molecule has 9 fully saturated rings. The van der Waals surface area contributed by atoms with Crippen molar-refractivity contribution in [1.82, 2.24) is 0 Å². The van der Waals surface area contributed by atoms with Gasteiger partial charge >= 0.3 is 0 Å². The van der Waals surface area contributed by atoms with Gasteiger partial charge in [-0.25, -0.2) is 0 Å². The highest BCUT2D eigenvalue weighted by Gasteiger charge is 2.84. The van der Waals surface area contributed by atoms with E-state index in [4.69, 9.17) is 33.2 Å². The first kappa shape index (κ1) is 40.8. The Morgan fingerprint density at radius 3 is 2.20 bits per heavy atom.